The Labute approximate surface area is 424 Å². The number of allylic oxidation sites excluding steroid dienone is 4. The van der Waals surface area contributed by atoms with Crippen LogP contribution in [0.1, 0.15) is 69.9 Å². The molecule has 2 aromatic carbocycles. The molecule has 0 bridgehead atoms. The van der Waals surface area contributed by atoms with Gasteiger partial charge in [0.25, 0.3) is 11.8 Å². The highest BCUT2D eigenvalue weighted by Gasteiger charge is 2.48. The summed E-state index contributed by atoms with van der Waals surface area (Å²) < 4.78 is 174. The van der Waals surface area contributed by atoms with E-state index in [1.165, 1.54) is 18.2 Å². The zero-order chi connectivity index (χ0) is 53.8. The van der Waals surface area contributed by atoms with Crippen LogP contribution in [-0.4, -0.2) is 176 Å². The van der Waals surface area contributed by atoms with Crippen LogP contribution in [0, 0.1) is 0 Å². The molecule has 0 N–H and O–H groups in total. The summed E-state index contributed by atoms with van der Waals surface area (Å²) in [6.07, 6.45) is 3.71. The minimum Gasteiger partial charge on any atom is -0.748 e. The van der Waals surface area contributed by atoms with E-state index >= 15 is 0 Å². The number of nitrogens with zero attached hydrogens (tertiary/aromatic N) is 3. The van der Waals surface area contributed by atoms with Crippen LogP contribution in [0.15, 0.2) is 70.1 Å². The van der Waals surface area contributed by atoms with Gasteiger partial charge in [-0.1, -0.05) is 6.08 Å². The zero-order valence-electron chi connectivity index (χ0n) is 40.4. The molecule has 3 heterocycles. The smallest absolute Gasteiger partial charge is 0.335 e. The Balaban J connectivity index is 1.54. The van der Waals surface area contributed by atoms with Crippen molar-refractivity contribution in [3.63, 3.8) is 0 Å². The summed E-state index contributed by atoms with van der Waals surface area (Å²) in [5.41, 5.74) is -0.379. The van der Waals surface area contributed by atoms with Crippen molar-refractivity contribution in [2.75, 3.05) is 96.1 Å². The summed E-state index contributed by atoms with van der Waals surface area (Å²) in [4.78, 5) is 41.8. The molecular formula is C45H58N3O21S4-3. The third-order valence-electron chi connectivity index (χ3n) is 12.4. The third-order valence-corrected chi connectivity index (χ3v) is 15.6. The number of hydroxylamine groups is 2. The van der Waals surface area contributed by atoms with Crippen molar-refractivity contribution in [3.8, 4) is 0 Å². The van der Waals surface area contributed by atoms with Crippen LogP contribution in [0.25, 0.3) is 0 Å². The van der Waals surface area contributed by atoms with Crippen LogP contribution in [0.5, 0.6) is 0 Å². The summed E-state index contributed by atoms with van der Waals surface area (Å²) in [5.74, 6) is -3.82. The molecule has 2 amide bonds. The van der Waals surface area contributed by atoms with Gasteiger partial charge in [0.1, 0.15) is 26.8 Å². The van der Waals surface area contributed by atoms with Gasteiger partial charge in [-0.05, 0) is 81.5 Å². The van der Waals surface area contributed by atoms with Crippen molar-refractivity contribution >= 4 is 75.3 Å². The van der Waals surface area contributed by atoms with Crippen molar-refractivity contribution in [2.24, 2.45) is 0 Å². The molecule has 2 aromatic rings. The van der Waals surface area contributed by atoms with Gasteiger partial charge in [0.05, 0.1) is 94.7 Å². The fourth-order valence-electron chi connectivity index (χ4n) is 8.88. The third kappa shape index (κ3) is 16.2. The number of hydrogen-bond donors (Lipinski definition) is 0. The number of amides is 2. The lowest BCUT2D eigenvalue weighted by Crippen LogP contribution is -2.33. The van der Waals surface area contributed by atoms with Gasteiger partial charge in [-0.2, -0.15) is 4.58 Å². The molecule has 1 fully saturated rings. The molecule has 2 unspecified atom stereocenters. The number of carbonyl (C=O) groups is 3. The topological polar surface area (TPSA) is 345 Å². The maximum atomic E-state index is 12.5. The van der Waals surface area contributed by atoms with E-state index in [0.717, 1.165) is 18.2 Å². The van der Waals surface area contributed by atoms with Gasteiger partial charge in [0.15, 0.2) is 12.3 Å². The highest BCUT2D eigenvalue weighted by atomic mass is 32.2. The van der Waals surface area contributed by atoms with Gasteiger partial charge in [-0.25, -0.2) is 38.5 Å². The highest BCUT2D eigenvalue weighted by molar-refractivity contribution is 7.86. The molecule has 5 rings (SSSR count). The number of anilines is 1. The van der Waals surface area contributed by atoms with Gasteiger partial charge < -0.3 is 51.6 Å². The lowest BCUT2D eigenvalue weighted by molar-refractivity contribution is -0.442. The Hall–Kier alpha value is -4.56. The number of carbonyl (C=O) groups excluding carboxylic acids is 3. The Morgan fingerprint density at radius 1 is 0.685 bits per heavy atom. The Morgan fingerprint density at radius 3 is 1.77 bits per heavy atom. The van der Waals surface area contributed by atoms with E-state index in [4.69, 9.17) is 28.5 Å². The van der Waals surface area contributed by atoms with E-state index in [1.807, 2.05) is 0 Å². The summed E-state index contributed by atoms with van der Waals surface area (Å²) in [6.45, 7) is 4.96. The summed E-state index contributed by atoms with van der Waals surface area (Å²) in [6, 6.07) is 7.39. The molecule has 28 heteroatoms. The van der Waals surface area contributed by atoms with Crippen LogP contribution in [0.2, 0.25) is 0 Å². The lowest BCUT2D eigenvalue weighted by atomic mass is 9.75. The van der Waals surface area contributed by atoms with Crippen molar-refractivity contribution in [2.45, 2.75) is 79.4 Å². The van der Waals surface area contributed by atoms with Crippen LogP contribution in [-0.2, 0) is 94.2 Å². The highest BCUT2D eigenvalue weighted by Crippen LogP contribution is 2.51. The molecule has 1 saturated heterocycles. The number of benzene rings is 2. The number of imide groups is 1. The number of ether oxygens (including phenoxy) is 5. The molecule has 0 aromatic heterocycles. The predicted molar refractivity (Wildman–Crippen MR) is 252 cm³/mol. The lowest BCUT2D eigenvalue weighted by Gasteiger charge is -2.31. The molecule has 24 nitrogen and oxygen atoms in total. The first-order valence-corrected chi connectivity index (χ1v) is 28.9. The maximum absolute atomic E-state index is 12.5. The maximum Gasteiger partial charge on any atom is 0.335 e. The van der Waals surface area contributed by atoms with Crippen LogP contribution in [0.4, 0.5) is 11.4 Å². The quantitative estimate of drug-likeness (QED) is 0.0446. The zero-order valence-corrected chi connectivity index (χ0v) is 43.7. The molecule has 73 heavy (non-hydrogen) atoms. The minimum absolute atomic E-state index is 0.0202. The minimum atomic E-state index is -5.04. The van der Waals surface area contributed by atoms with E-state index in [9.17, 15) is 66.3 Å². The molecule has 406 valence electrons. The number of fused-ring (bicyclic) bond motifs is 2. The van der Waals surface area contributed by atoms with Crippen molar-refractivity contribution < 1.29 is 99.4 Å². The summed E-state index contributed by atoms with van der Waals surface area (Å²) in [7, 11) is -17.9. The average molecular weight is 1110 g/mol. The molecule has 3 aliphatic heterocycles. The number of methoxy groups -OCH3 is 1. The van der Waals surface area contributed by atoms with E-state index in [-0.39, 0.29) is 96.6 Å². The van der Waals surface area contributed by atoms with E-state index in [2.05, 4.69) is 0 Å². The monoisotopic (exact) mass is 1100 g/mol. The number of rotatable bonds is 31. The molecule has 0 aliphatic carbocycles. The van der Waals surface area contributed by atoms with Crippen LogP contribution >= 0.6 is 0 Å². The largest absolute Gasteiger partial charge is 0.748 e. The number of hydrogen-bond acceptors (Lipinski definition) is 22. The molecule has 3 aliphatic rings. The fourth-order valence-corrected chi connectivity index (χ4v) is 10.9. The van der Waals surface area contributed by atoms with Crippen LogP contribution in [0.3, 0.4) is 0 Å². The Bertz CT molecular complexity index is 2890. The van der Waals surface area contributed by atoms with Gasteiger partial charge in [0.2, 0.25) is 5.69 Å². The first-order valence-electron chi connectivity index (χ1n) is 23.0. The van der Waals surface area contributed by atoms with Crippen molar-refractivity contribution in [3.05, 3.63) is 71.5 Å². The van der Waals surface area contributed by atoms with E-state index in [1.54, 1.807) is 48.7 Å². The molecule has 0 radical (unpaired) electrons. The van der Waals surface area contributed by atoms with Gasteiger partial charge in [0, 0.05) is 72.5 Å². The second-order valence-corrected chi connectivity index (χ2v) is 23.3. The Morgan fingerprint density at radius 2 is 1.21 bits per heavy atom. The van der Waals surface area contributed by atoms with Crippen LogP contribution < -0.4 is 4.90 Å². The van der Waals surface area contributed by atoms with E-state index in [0.29, 0.717) is 59.8 Å². The van der Waals surface area contributed by atoms with Crippen molar-refractivity contribution in [1.29, 1.82) is 0 Å². The average Bonchev–Trinajstić information content (AvgIpc) is 3.82. The SMILES string of the molecule is COCCOCCOCCOCCN1C(=CC=CC2=[N+](CCOCCC(=O)ON3C(=O)CCC3=O)c3ccc(S(=O)(=O)[O-])cc3C2(C)CCCS(=O)(=O)[O-])C(C)(CCCS(=O)(=O)[O-])c2cc(S(=O)(=O)[O-])ccc21. The molecule has 2 atom stereocenters. The van der Waals surface area contributed by atoms with Crippen molar-refractivity contribution in [1.82, 2.24) is 5.06 Å². The second-order valence-electron chi connectivity index (χ2n) is 17.5. The normalized spacial score (nSPS) is 20.0. The molecule has 0 spiro atoms. The Kier molecular flexibility index (Phi) is 20.6. The summed E-state index contributed by atoms with van der Waals surface area (Å²) in [5, 5.41) is 0.397. The first kappa shape index (κ1) is 59.3. The van der Waals surface area contributed by atoms with Gasteiger partial charge in [-0.15, -0.1) is 5.06 Å². The standard InChI is InChI=1S/C45H61N3O21S4/c1-44(16-5-29-70(52,53)54)35-31-33(72(58,59)60)9-11-37(35)46(18-21-65-20-15-43(51)69-48-41(49)13-14-42(48)50)39(44)7-4-8-40-45(2,17-6-30-71(55,56)57)36-32-34(73(61,62)63)10-12-38(36)47(40)19-22-66-25-26-68-28-27-67-24-23-64-3/h4,7-12,31-32H,5-6,13-30H2,1-3H3,(H3-,52,53,54,55,56,57,58,59,60,61,62,63)/p-3. The predicted octanol–water partition coefficient (Wildman–Crippen LogP) is 1.43. The van der Waals surface area contributed by atoms with E-state index < -0.39 is 90.4 Å². The molecule has 0 saturated carbocycles. The van der Waals surface area contributed by atoms with Gasteiger partial charge in [-0.3, -0.25) is 9.59 Å². The second kappa shape index (κ2) is 25.3. The molecular weight excluding hydrogens is 1050 g/mol. The van der Waals surface area contributed by atoms with Gasteiger partial charge >= 0.3 is 5.97 Å². The fraction of sp³-hybridized carbons (Fsp3) is 0.556. The summed E-state index contributed by atoms with van der Waals surface area (Å²) >= 11 is 0. The first-order chi connectivity index (χ1) is 34.2.